The fourth-order valence-corrected chi connectivity index (χ4v) is 2.43. The molecule has 0 saturated carbocycles. The summed E-state index contributed by atoms with van der Waals surface area (Å²) in [6.07, 6.45) is 3.23. The Morgan fingerprint density at radius 1 is 1.19 bits per heavy atom. The van der Waals surface area contributed by atoms with Gasteiger partial charge in [0.25, 0.3) is 0 Å². The molecule has 1 aliphatic heterocycles. The Kier molecular flexibility index (Phi) is 6.02. The van der Waals surface area contributed by atoms with Crippen LogP contribution in [0.5, 0.6) is 5.75 Å². The number of para-hydroxylation sites is 1. The van der Waals surface area contributed by atoms with E-state index in [2.05, 4.69) is 15.5 Å². The molecule has 2 heterocycles. The van der Waals surface area contributed by atoms with Gasteiger partial charge in [0.15, 0.2) is 6.61 Å². The lowest BCUT2D eigenvalue weighted by Crippen LogP contribution is -2.28. The van der Waals surface area contributed by atoms with Crippen LogP contribution in [0.2, 0.25) is 0 Å². The van der Waals surface area contributed by atoms with E-state index in [-0.39, 0.29) is 12.4 Å². The van der Waals surface area contributed by atoms with E-state index in [1.807, 2.05) is 30.3 Å². The van der Waals surface area contributed by atoms with E-state index in [9.17, 15) is 0 Å². The molecule has 5 nitrogen and oxygen atoms in total. The monoisotopic (exact) mass is 309 g/mol. The van der Waals surface area contributed by atoms with Crippen LogP contribution in [0, 0.1) is 5.92 Å². The minimum absolute atomic E-state index is 0. The fraction of sp³-hybridized carbons (Fsp3) is 0.467. The quantitative estimate of drug-likeness (QED) is 0.920. The molecule has 0 unspecified atom stereocenters. The maximum absolute atomic E-state index is 5.60. The molecular weight excluding hydrogens is 290 g/mol. The number of aromatic nitrogens is 2. The third kappa shape index (κ3) is 4.72. The van der Waals surface area contributed by atoms with Crippen molar-refractivity contribution in [2.75, 3.05) is 13.1 Å². The lowest BCUT2D eigenvalue weighted by Gasteiger charge is -2.20. The number of nitrogens with one attached hydrogen (secondary N) is 1. The summed E-state index contributed by atoms with van der Waals surface area (Å²) in [4.78, 5) is 4.40. The first-order chi connectivity index (χ1) is 9.90. The Labute approximate surface area is 130 Å². The van der Waals surface area contributed by atoms with Gasteiger partial charge in [0.05, 0.1) is 0 Å². The minimum Gasteiger partial charge on any atom is -0.485 e. The van der Waals surface area contributed by atoms with E-state index >= 15 is 0 Å². The maximum atomic E-state index is 5.60. The molecule has 0 atom stereocenters. The Balaban J connectivity index is 0.00000161. The van der Waals surface area contributed by atoms with Gasteiger partial charge in [-0.05, 0) is 44.0 Å². The Morgan fingerprint density at radius 3 is 2.71 bits per heavy atom. The summed E-state index contributed by atoms with van der Waals surface area (Å²) < 4.78 is 10.9. The van der Waals surface area contributed by atoms with Crippen molar-refractivity contribution in [3.63, 3.8) is 0 Å². The maximum Gasteiger partial charge on any atom is 0.227 e. The number of halogens is 1. The molecule has 1 saturated heterocycles. The molecular formula is C15H20ClN3O2. The van der Waals surface area contributed by atoms with E-state index in [0.717, 1.165) is 31.2 Å². The van der Waals surface area contributed by atoms with E-state index in [0.29, 0.717) is 18.3 Å². The molecule has 3 rings (SSSR count). The van der Waals surface area contributed by atoms with Crippen molar-refractivity contribution in [1.29, 1.82) is 0 Å². The summed E-state index contributed by atoms with van der Waals surface area (Å²) in [5.41, 5.74) is 0. The molecule has 1 aliphatic rings. The molecule has 1 aromatic heterocycles. The highest BCUT2D eigenvalue weighted by Gasteiger charge is 2.17. The Hall–Kier alpha value is -1.59. The largest absolute Gasteiger partial charge is 0.485 e. The SMILES string of the molecule is Cl.c1ccc(OCc2noc(CC3CCNCC3)n2)cc1. The van der Waals surface area contributed by atoms with Gasteiger partial charge in [-0.1, -0.05) is 23.4 Å². The third-order valence-corrected chi connectivity index (χ3v) is 3.54. The fourth-order valence-electron chi connectivity index (χ4n) is 2.43. The van der Waals surface area contributed by atoms with Crippen LogP contribution in [0.15, 0.2) is 34.9 Å². The van der Waals surface area contributed by atoms with Gasteiger partial charge in [-0.25, -0.2) is 0 Å². The second-order valence-corrected chi connectivity index (χ2v) is 5.10. The van der Waals surface area contributed by atoms with Gasteiger partial charge in [-0.3, -0.25) is 0 Å². The number of piperidine rings is 1. The number of hydrogen-bond donors (Lipinski definition) is 1. The number of benzene rings is 1. The number of rotatable bonds is 5. The van der Waals surface area contributed by atoms with E-state index in [1.54, 1.807) is 0 Å². The summed E-state index contributed by atoms with van der Waals surface area (Å²) in [6, 6.07) is 9.66. The van der Waals surface area contributed by atoms with Crippen LogP contribution in [-0.4, -0.2) is 23.2 Å². The average Bonchev–Trinajstić information content (AvgIpc) is 2.95. The van der Waals surface area contributed by atoms with Gasteiger partial charge in [0.1, 0.15) is 5.75 Å². The van der Waals surface area contributed by atoms with Gasteiger partial charge in [0.2, 0.25) is 11.7 Å². The Morgan fingerprint density at radius 2 is 1.95 bits per heavy atom. The van der Waals surface area contributed by atoms with Crippen molar-refractivity contribution in [2.24, 2.45) is 5.92 Å². The second-order valence-electron chi connectivity index (χ2n) is 5.10. The second kappa shape index (κ2) is 8.00. The van der Waals surface area contributed by atoms with Crippen molar-refractivity contribution in [2.45, 2.75) is 25.9 Å². The molecule has 1 N–H and O–H groups in total. The molecule has 21 heavy (non-hydrogen) atoms. The topological polar surface area (TPSA) is 60.2 Å². The highest BCUT2D eigenvalue weighted by molar-refractivity contribution is 5.85. The molecule has 6 heteroatoms. The zero-order valence-corrected chi connectivity index (χ0v) is 12.6. The molecule has 114 valence electrons. The average molecular weight is 310 g/mol. The zero-order chi connectivity index (χ0) is 13.6. The van der Waals surface area contributed by atoms with E-state index in [1.165, 1.54) is 12.8 Å². The molecule has 0 amide bonds. The highest BCUT2D eigenvalue weighted by Crippen LogP contribution is 2.17. The molecule has 0 bridgehead atoms. The van der Waals surface area contributed by atoms with Crippen LogP contribution in [0.25, 0.3) is 0 Å². The van der Waals surface area contributed by atoms with Gasteiger partial charge in [-0.15, -0.1) is 12.4 Å². The number of nitrogens with zero attached hydrogens (tertiary/aromatic N) is 2. The minimum atomic E-state index is 0. The highest BCUT2D eigenvalue weighted by atomic mass is 35.5. The molecule has 0 aliphatic carbocycles. The molecule has 0 radical (unpaired) electrons. The number of hydrogen-bond acceptors (Lipinski definition) is 5. The van der Waals surface area contributed by atoms with Gasteiger partial charge >= 0.3 is 0 Å². The molecule has 1 fully saturated rings. The predicted octanol–water partition coefficient (Wildman–Crippen LogP) is 2.61. The van der Waals surface area contributed by atoms with Crippen LogP contribution < -0.4 is 10.1 Å². The first-order valence-corrected chi connectivity index (χ1v) is 7.10. The van der Waals surface area contributed by atoms with Crippen LogP contribution in [0.3, 0.4) is 0 Å². The summed E-state index contributed by atoms with van der Waals surface area (Å²) in [7, 11) is 0. The summed E-state index contributed by atoms with van der Waals surface area (Å²) in [5, 5.41) is 7.33. The third-order valence-electron chi connectivity index (χ3n) is 3.54. The van der Waals surface area contributed by atoms with Gasteiger partial charge in [-0.2, -0.15) is 4.98 Å². The predicted molar refractivity (Wildman–Crippen MR) is 81.6 cm³/mol. The van der Waals surface area contributed by atoms with Crippen molar-refractivity contribution in [3.8, 4) is 5.75 Å². The lowest BCUT2D eigenvalue weighted by molar-refractivity contribution is 0.281. The lowest BCUT2D eigenvalue weighted by atomic mass is 9.95. The van der Waals surface area contributed by atoms with Crippen LogP contribution in [-0.2, 0) is 13.0 Å². The van der Waals surface area contributed by atoms with Crippen LogP contribution >= 0.6 is 12.4 Å². The van der Waals surface area contributed by atoms with Gasteiger partial charge in [0, 0.05) is 6.42 Å². The van der Waals surface area contributed by atoms with E-state index in [4.69, 9.17) is 9.26 Å². The smallest absolute Gasteiger partial charge is 0.227 e. The Bertz CT molecular complexity index is 527. The number of ether oxygens (including phenoxy) is 1. The van der Waals surface area contributed by atoms with Crippen LogP contribution in [0.4, 0.5) is 0 Å². The molecule has 2 aromatic rings. The molecule has 0 spiro atoms. The van der Waals surface area contributed by atoms with Gasteiger partial charge < -0.3 is 14.6 Å². The zero-order valence-electron chi connectivity index (χ0n) is 11.8. The van der Waals surface area contributed by atoms with Crippen molar-refractivity contribution >= 4 is 12.4 Å². The van der Waals surface area contributed by atoms with Crippen molar-refractivity contribution < 1.29 is 9.26 Å². The standard InChI is InChI=1S/C15H19N3O2.ClH/c1-2-4-13(5-3-1)19-11-14-17-15(20-18-14)10-12-6-8-16-9-7-12;/h1-5,12,16H,6-11H2;1H. The summed E-state index contributed by atoms with van der Waals surface area (Å²) >= 11 is 0. The summed E-state index contributed by atoms with van der Waals surface area (Å²) in [5.74, 6) is 2.80. The normalized spacial score (nSPS) is 15.4. The van der Waals surface area contributed by atoms with Crippen LogP contribution in [0.1, 0.15) is 24.6 Å². The molecule has 1 aromatic carbocycles. The first kappa shape index (κ1) is 15.8. The van der Waals surface area contributed by atoms with Crippen molar-refractivity contribution in [3.05, 3.63) is 42.0 Å². The first-order valence-electron chi connectivity index (χ1n) is 7.10. The van der Waals surface area contributed by atoms with Crippen molar-refractivity contribution in [1.82, 2.24) is 15.5 Å². The summed E-state index contributed by atoms with van der Waals surface area (Å²) in [6.45, 7) is 2.52. The van der Waals surface area contributed by atoms with E-state index < -0.39 is 0 Å².